The number of rotatable bonds is 3. The molecule has 0 aliphatic heterocycles. The zero-order valence-electron chi connectivity index (χ0n) is 12.8. The number of carboxylic acids is 1. The first-order valence-corrected chi connectivity index (χ1v) is 7.19. The summed E-state index contributed by atoms with van der Waals surface area (Å²) >= 11 is 0. The summed E-state index contributed by atoms with van der Waals surface area (Å²) in [6.07, 6.45) is 4.78. The number of phenolic OH excluding ortho intramolecular Hbond substituents is 1. The molecule has 0 aliphatic rings. The number of benzene rings is 1. The smallest absolute Gasteiger partial charge is 0.337 e. The molecule has 2 aromatic heterocycles. The number of aromatic hydroxyl groups is 1. The highest BCUT2D eigenvalue weighted by Gasteiger charge is 2.09. The molecule has 0 atom stereocenters. The third-order valence-corrected chi connectivity index (χ3v) is 3.66. The van der Waals surface area contributed by atoms with Crippen LogP contribution in [0.3, 0.4) is 0 Å². The number of pyridine rings is 1. The van der Waals surface area contributed by atoms with Crippen molar-refractivity contribution < 1.29 is 15.0 Å². The number of aromatic nitrogens is 2. The highest BCUT2D eigenvalue weighted by Crippen LogP contribution is 2.14. The molecule has 2 heterocycles. The molecule has 0 saturated heterocycles. The molecule has 1 aromatic carbocycles. The maximum absolute atomic E-state index is 12.4. The Hall–Kier alpha value is -3.41. The lowest BCUT2D eigenvalue weighted by Gasteiger charge is -2.06. The first kappa shape index (κ1) is 15.5. The minimum atomic E-state index is -1.10. The molecular formula is C18H14N2O4. The standard InChI is InChI=1S/C18H14N2O4/c1-11-15(8-4-12-2-6-14(21)7-3-12)19-16-9-5-13(18(23)24)10-20(16)17(11)22/h2-10,21H,1H3,(H,23,24). The van der Waals surface area contributed by atoms with Crippen molar-refractivity contribution >= 4 is 23.8 Å². The quantitative estimate of drug-likeness (QED) is 0.773. The van der Waals surface area contributed by atoms with Gasteiger partial charge in [0.1, 0.15) is 11.4 Å². The molecule has 24 heavy (non-hydrogen) atoms. The van der Waals surface area contributed by atoms with Crippen LogP contribution < -0.4 is 5.56 Å². The summed E-state index contributed by atoms with van der Waals surface area (Å²) in [5, 5.41) is 18.3. The number of hydrogen-bond acceptors (Lipinski definition) is 4. The number of aromatic carboxylic acids is 1. The summed E-state index contributed by atoms with van der Waals surface area (Å²) < 4.78 is 1.23. The third kappa shape index (κ3) is 2.89. The van der Waals surface area contributed by atoms with Gasteiger partial charge >= 0.3 is 5.97 Å². The first-order valence-electron chi connectivity index (χ1n) is 7.19. The lowest BCUT2D eigenvalue weighted by atomic mass is 10.1. The van der Waals surface area contributed by atoms with Gasteiger partial charge in [0, 0.05) is 11.8 Å². The Morgan fingerprint density at radius 2 is 1.83 bits per heavy atom. The van der Waals surface area contributed by atoms with Gasteiger partial charge in [0.2, 0.25) is 0 Å². The number of hydrogen-bond donors (Lipinski definition) is 2. The van der Waals surface area contributed by atoms with Gasteiger partial charge < -0.3 is 10.2 Å². The van der Waals surface area contributed by atoms with Crippen molar-refractivity contribution in [2.24, 2.45) is 0 Å². The van der Waals surface area contributed by atoms with Crippen molar-refractivity contribution in [2.75, 3.05) is 0 Å². The van der Waals surface area contributed by atoms with Crippen LogP contribution in [-0.2, 0) is 0 Å². The molecule has 0 bridgehead atoms. The third-order valence-electron chi connectivity index (χ3n) is 3.66. The molecule has 0 radical (unpaired) electrons. The van der Waals surface area contributed by atoms with E-state index in [1.165, 1.54) is 22.7 Å². The molecule has 0 amide bonds. The van der Waals surface area contributed by atoms with E-state index in [9.17, 15) is 14.7 Å². The van der Waals surface area contributed by atoms with E-state index in [-0.39, 0.29) is 16.9 Å². The monoisotopic (exact) mass is 322 g/mol. The Bertz CT molecular complexity index is 1020. The van der Waals surface area contributed by atoms with Crippen LogP contribution in [-0.4, -0.2) is 25.6 Å². The van der Waals surface area contributed by atoms with E-state index >= 15 is 0 Å². The van der Waals surface area contributed by atoms with Crippen molar-refractivity contribution in [3.05, 3.63) is 75.3 Å². The number of phenols is 1. The Morgan fingerprint density at radius 1 is 1.12 bits per heavy atom. The van der Waals surface area contributed by atoms with Gasteiger partial charge in [-0.2, -0.15) is 0 Å². The van der Waals surface area contributed by atoms with Gasteiger partial charge in [0.05, 0.1) is 11.3 Å². The Morgan fingerprint density at radius 3 is 2.50 bits per heavy atom. The second-order valence-corrected chi connectivity index (χ2v) is 5.30. The van der Waals surface area contributed by atoms with Crippen molar-refractivity contribution in [1.82, 2.24) is 9.38 Å². The van der Waals surface area contributed by atoms with Crippen LogP contribution in [0.4, 0.5) is 0 Å². The van der Waals surface area contributed by atoms with Crippen LogP contribution in [0.2, 0.25) is 0 Å². The van der Waals surface area contributed by atoms with Gasteiger partial charge in [-0.05, 0) is 42.8 Å². The van der Waals surface area contributed by atoms with E-state index in [2.05, 4.69) is 4.98 Å². The summed E-state index contributed by atoms with van der Waals surface area (Å²) in [5.74, 6) is -0.919. The fourth-order valence-corrected chi connectivity index (χ4v) is 2.29. The molecular weight excluding hydrogens is 308 g/mol. The van der Waals surface area contributed by atoms with Crippen molar-refractivity contribution in [3.8, 4) is 5.75 Å². The normalized spacial score (nSPS) is 11.2. The average molecular weight is 322 g/mol. The molecule has 0 aliphatic carbocycles. The van der Waals surface area contributed by atoms with Crippen LogP contribution in [0.5, 0.6) is 5.75 Å². The Kier molecular flexibility index (Phi) is 3.87. The lowest BCUT2D eigenvalue weighted by molar-refractivity contribution is 0.0696. The van der Waals surface area contributed by atoms with E-state index in [0.29, 0.717) is 16.9 Å². The predicted molar refractivity (Wildman–Crippen MR) is 90.2 cm³/mol. The van der Waals surface area contributed by atoms with Crippen molar-refractivity contribution in [3.63, 3.8) is 0 Å². The Balaban J connectivity index is 2.07. The Labute approximate surface area is 137 Å². The van der Waals surface area contributed by atoms with Crippen LogP contribution in [0, 0.1) is 6.92 Å². The molecule has 2 N–H and O–H groups in total. The second kappa shape index (κ2) is 6.00. The van der Waals surface area contributed by atoms with E-state index < -0.39 is 5.97 Å². The summed E-state index contributed by atoms with van der Waals surface area (Å²) in [7, 11) is 0. The van der Waals surface area contributed by atoms with Gasteiger partial charge in [-0.3, -0.25) is 9.20 Å². The molecule has 3 aromatic rings. The predicted octanol–water partition coefficient (Wildman–Crippen LogP) is 2.58. The molecule has 0 fully saturated rings. The fraction of sp³-hybridized carbons (Fsp3) is 0.0556. The van der Waals surface area contributed by atoms with Crippen LogP contribution in [0.15, 0.2) is 47.4 Å². The van der Waals surface area contributed by atoms with Gasteiger partial charge in [0.15, 0.2) is 0 Å². The van der Waals surface area contributed by atoms with E-state index in [1.54, 1.807) is 43.3 Å². The first-order chi connectivity index (χ1) is 11.5. The number of carboxylic acid groups (broad SMARTS) is 1. The van der Waals surface area contributed by atoms with Gasteiger partial charge in [-0.1, -0.05) is 18.2 Å². The van der Waals surface area contributed by atoms with Gasteiger partial charge in [0.25, 0.3) is 5.56 Å². The minimum Gasteiger partial charge on any atom is -0.508 e. The van der Waals surface area contributed by atoms with E-state index in [0.717, 1.165) is 5.56 Å². The largest absolute Gasteiger partial charge is 0.508 e. The molecule has 0 saturated carbocycles. The van der Waals surface area contributed by atoms with Crippen molar-refractivity contribution in [2.45, 2.75) is 6.92 Å². The minimum absolute atomic E-state index is 0.0261. The molecule has 120 valence electrons. The van der Waals surface area contributed by atoms with E-state index in [4.69, 9.17) is 5.11 Å². The summed E-state index contributed by atoms with van der Waals surface area (Å²) in [6.45, 7) is 1.64. The van der Waals surface area contributed by atoms with Gasteiger partial charge in [-0.25, -0.2) is 9.78 Å². The zero-order valence-corrected chi connectivity index (χ0v) is 12.8. The molecule has 0 unspecified atom stereocenters. The molecule has 6 heteroatoms. The summed E-state index contributed by atoms with van der Waals surface area (Å²) in [6, 6.07) is 9.54. The highest BCUT2D eigenvalue weighted by atomic mass is 16.4. The topological polar surface area (TPSA) is 91.9 Å². The average Bonchev–Trinajstić information content (AvgIpc) is 2.58. The second-order valence-electron chi connectivity index (χ2n) is 5.30. The maximum Gasteiger partial charge on any atom is 0.337 e. The lowest BCUT2D eigenvalue weighted by Crippen LogP contribution is -2.20. The van der Waals surface area contributed by atoms with Crippen LogP contribution in [0.25, 0.3) is 17.8 Å². The zero-order chi connectivity index (χ0) is 17.3. The fourth-order valence-electron chi connectivity index (χ4n) is 2.29. The number of nitrogens with zero attached hydrogens (tertiary/aromatic N) is 2. The molecule has 0 spiro atoms. The summed E-state index contributed by atoms with van der Waals surface area (Å²) in [4.78, 5) is 27.9. The summed E-state index contributed by atoms with van der Waals surface area (Å²) in [5.41, 5.74) is 1.88. The number of fused-ring (bicyclic) bond motifs is 1. The van der Waals surface area contributed by atoms with Crippen LogP contribution >= 0.6 is 0 Å². The number of carbonyl (C=O) groups is 1. The molecule has 3 rings (SSSR count). The van der Waals surface area contributed by atoms with E-state index in [1.807, 2.05) is 0 Å². The highest BCUT2D eigenvalue weighted by molar-refractivity contribution is 5.87. The SMILES string of the molecule is Cc1c(C=Cc2ccc(O)cc2)nc2ccc(C(=O)O)cn2c1=O. The van der Waals surface area contributed by atoms with Crippen molar-refractivity contribution in [1.29, 1.82) is 0 Å². The molecule has 6 nitrogen and oxygen atoms in total. The van der Waals surface area contributed by atoms with Gasteiger partial charge in [-0.15, -0.1) is 0 Å². The van der Waals surface area contributed by atoms with Crippen LogP contribution in [0.1, 0.15) is 27.2 Å². The maximum atomic E-state index is 12.4.